The zero-order chi connectivity index (χ0) is 26.5. The van der Waals surface area contributed by atoms with Crippen LogP contribution in [0.25, 0.3) is 0 Å². The first-order valence-corrected chi connectivity index (χ1v) is 13.9. The molecule has 3 aromatic rings. The van der Waals surface area contributed by atoms with Gasteiger partial charge < -0.3 is 14.4 Å². The lowest BCUT2D eigenvalue weighted by Crippen LogP contribution is -2.56. The molecule has 1 aliphatic rings. The number of piperidine rings is 1. The van der Waals surface area contributed by atoms with Crippen LogP contribution in [0.15, 0.2) is 84.9 Å². The minimum Gasteiger partial charge on any atom is -0.497 e. The number of methoxy groups -OCH3 is 1. The molecule has 37 heavy (non-hydrogen) atoms. The Hall–Kier alpha value is -3.20. The van der Waals surface area contributed by atoms with Gasteiger partial charge in [0.15, 0.2) is 0 Å². The Morgan fingerprint density at radius 3 is 2.32 bits per heavy atom. The minimum absolute atomic E-state index is 0.0709. The van der Waals surface area contributed by atoms with Crippen molar-refractivity contribution < 1.29 is 22.7 Å². The smallest absolute Gasteiger partial charge is 0.339 e. The van der Waals surface area contributed by atoms with Crippen molar-refractivity contribution in [1.82, 2.24) is 9.21 Å². The summed E-state index contributed by atoms with van der Waals surface area (Å²) in [6.45, 7) is 0.988. The van der Waals surface area contributed by atoms with E-state index in [1.54, 1.807) is 35.7 Å². The first kappa shape index (κ1) is 26.9. The molecule has 0 amide bonds. The van der Waals surface area contributed by atoms with Crippen LogP contribution in [-0.2, 0) is 26.1 Å². The van der Waals surface area contributed by atoms with Crippen molar-refractivity contribution in [1.29, 1.82) is 0 Å². The van der Waals surface area contributed by atoms with Gasteiger partial charge in [0.05, 0.1) is 18.4 Å². The molecule has 0 aromatic heterocycles. The van der Waals surface area contributed by atoms with Crippen molar-refractivity contribution in [2.45, 2.75) is 17.8 Å². The number of carbonyl (C=O) groups is 1. The van der Waals surface area contributed by atoms with Crippen LogP contribution in [0.3, 0.4) is 0 Å². The van der Waals surface area contributed by atoms with Crippen molar-refractivity contribution in [3.05, 3.63) is 102 Å². The first-order valence-electron chi connectivity index (χ1n) is 12.3. The van der Waals surface area contributed by atoms with Crippen LogP contribution in [-0.4, -0.2) is 64.4 Å². The minimum atomic E-state index is -3.58. The molecule has 4 rings (SSSR count). The van der Waals surface area contributed by atoms with Crippen LogP contribution in [0.4, 0.5) is 0 Å². The number of rotatable bonds is 9. The number of hydrogen-bond acceptors (Lipinski definition) is 6. The summed E-state index contributed by atoms with van der Waals surface area (Å²) in [4.78, 5) is 15.4. The molecule has 2 atom stereocenters. The van der Waals surface area contributed by atoms with E-state index in [9.17, 15) is 13.2 Å². The lowest BCUT2D eigenvalue weighted by molar-refractivity contribution is -0.0880. The van der Waals surface area contributed by atoms with E-state index in [4.69, 9.17) is 9.47 Å². The first-order chi connectivity index (χ1) is 17.7. The second-order valence-electron chi connectivity index (χ2n) is 9.69. The third-order valence-corrected chi connectivity index (χ3v) is 8.65. The number of ether oxygens (including phenoxy) is 2. The monoisotopic (exact) mass is 522 g/mol. The van der Waals surface area contributed by atoms with E-state index >= 15 is 0 Å². The fourth-order valence-electron chi connectivity index (χ4n) is 5.01. The summed E-state index contributed by atoms with van der Waals surface area (Å²) in [6, 6.07) is 25.6. The average molecular weight is 523 g/mol. The number of hydrogen-bond donors (Lipinski definition) is 0. The van der Waals surface area contributed by atoms with Gasteiger partial charge in [-0.2, -0.15) is 0 Å². The summed E-state index contributed by atoms with van der Waals surface area (Å²) in [5.41, 5.74) is 0.951. The number of sulfonamides is 1. The predicted octanol–water partition coefficient (Wildman–Crippen LogP) is 4.16. The molecule has 0 N–H and O–H groups in total. The molecule has 8 heteroatoms. The summed E-state index contributed by atoms with van der Waals surface area (Å²) in [5, 5.41) is 0. The Kier molecular flexibility index (Phi) is 8.32. The molecule has 0 radical (unpaired) electrons. The summed E-state index contributed by atoms with van der Waals surface area (Å²) in [5.74, 6) is -0.178. The van der Waals surface area contributed by atoms with E-state index in [0.717, 1.165) is 11.1 Å². The molecular weight excluding hydrogens is 488 g/mol. The number of carbonyl (C=O) groups excluding carboxylic acids is 1. The Morgan fingerprint density at radius 2 is 1.68 bits per heavy atom. The van der Waals surface area contributed by atoms with Crippen molar-refractivity contribution in [2.75, 3.05) is 40.8 Å². The van der Waals surface area contributed by atoms with Gasteiger partial charge in [-0.05, 0) is 49.5 Å². The third-order valence-electron chi connectivity index (χ3n) is 6.83. The highest BCUT2D eigenvalue weighted by Crippen LogP contribution is 2.44. The standard InChI is InChI=1S/C29H34N2O5S/c1-30(2)20-26-21-31(37(33,34)22-23-11-6-4-7-12-23)18-17-29(26,25-15-10-16-27(19-25)35-3)36-28(32)24-13-8-5-9-14-24/h4-16,19,26H,17-18,20-22H2,1-3H3/t26-,29-/m0/s1. The van der Waals surface area contributed by atoms with E-state index in [-0.39, 0.29) is 24.8 Å². The molecule has 196 valence electrons. The van der Waals surface area contributed by atoms with Crippen molar-refractivity contribution >= 4 is 16.0 Å². The molecule has 1 aliphatic heterocycles. The molecule has 0 aliphatic carbocycles. The Balaban J connectivity index is 1.73. The van der Waals surface area contributed by atoms with E-state index in [2.05, 4.69) is 0 Å². The van der Waals surface area contributed by atoms with Crippen molar-refractivity contribution in [2.24, 2.45) is 5.92 Å². The average Bonchev–Trinajstić information content (AvgIpc) is 2.90. The highest BCUT2D eigenvalue weighted by Gasteiger charge is 2.50. The van der Waals surface area contributed by atoms with Gasteiger partial charge in [-0.1, -0.05) is 60.7 Å². The van der Waals surface area contributed by atoms with Gasteiger partial charge in [0.2, 0.25) is 10.0 Å². The highest BCUT2D eigenvalue weighted by molar-refractivity contribution is 7.88. The molecule has 1 saturated heterocycles. The molecule has 0 unspecified atom stereocenters. The van der Waals surface area contributed by atoms with Crippen LogP contribution in [0, 0.1) is 5.92 Å². The van der Waals surface area contributed by atoms with E-state index in [0.29, 0.717) is 24.3 Å². The van der Waals surface area contributed by atoms with Crippen LogP contribution >= 0.6 is 0 Å². The van der Waals surface area contributed by atoms with Gasteiger partial charge >= 0.3 is 5.97 Å². The Bertz CT molecular complexity index is 1300. The molecule has 7 nitrogen and oxygen atoms in total. The molecule has 1 heterocycles. The summed E-state index contributed by atoms with van der Waals surface area (Å²) in [7, 11) is 1.89. The van der Waals surface area contributed by atoms with Gasteiger partial charge in [0.25, 0.3) is 0 Å². The molecule has 1 fully saturated rings. The molecule has 0 saturated carbocycles. The van der Waals surface area contributed by atoms with Gasteiger partial charge in [-0.25, -0.2) is 17.5 Å². The summed E-state index contributed by atoms with van der Waals surface area (Å²) >= 11 is 0. The maximum atomic E-state index is 13.5. The largest absolute Gasteiger partial charge is 0.497 e. The lowest BCUT2D eigenvalue weighted by Gasteiger charge is -2.47. The van der Waals surface area contributed by atoms with Crippen molar-refractivity contribution in [3.63, 3.8) is 0 Å². The van der Waals surface area contributed by atoms with Crippen LogP contribution < -0.4 is 4.74 Å². The zero-order valence-corrected chi connectivity index (χ0v) is 22.4. The fraction of sp³-hybridized carbons (Fsp3) is 0.345. The Labute approximate surface area is 219 Å². The van der Waals surface area contributed by atoms with Crippen LogP contribution in [0.1, 0.15) is 27.9 Å². The second kappa shape index (κ2) is 11.5. The lowest BCUT2D eigenvalue weighted by atomic mass is 9.75. The summed E-state index contributed by atoms with van der Waals surface area (Å²) in [6.07, 6.45) is 0.325. The number of esters is 1. The van der Waals surface area contributed by atoms with Gasteiger partial charge in [-0.3, -0.25) is 0 Å². The van der Waals surface area contributed by atoms with Crippen LogP contribution in [0.5, 0.6) is 5.75 Å². The number of nitrogens with zero attached hydrogens (tertiary/aromatic N) is 2. The van der Waals surface area contributed by atoms with Crippen LogP contribution in [0.2, 0.25) is 0 Å². The molecular formula is C29H34N2O5S. The third kappa shape index (κ3) is 6.21. The molecule has 3 aromatic carbocycles. The van der Waals surface area contributed by atoms with E-state index in [1.165, 1.54) is 0 Å². The topological polar surface area (TPSA) is 76.1 Å². The second-order valence-corrected chi connectivity index (χ2v) is 11.7. The predicted molar refractivity (Wildman–Crippen MR) is 144 cm³/mol. The summed E-state index contributed by atoms with van der Waals surface area (Å²) < 4.78 is 40.4. The normalized spacial score (nSPS) is 20.5. The number of benzene rings is 3. The maximum Gasteiger partial charge on any atom is 0.339 e. The van der Waals surface area contributed by atoms with Crippen molar-refractivity contribution in [3.8, 4) is 5.75 Å². The Morgan fingerprint density at radius 1 is 1.00 bits per heavy atom. The SMILES string of the molecule is COc1cccc([C@@]2(OC(=O)c3ccccc3)CCN(S(=O)(=O)Cc3ccccc3)C[C@@H]2CN(C)C)c1. The van der Waals surface area contributed by atoms with Gasteiger partial charge in [0.1, 0.15) is 11.4 Å². The highest BCUT2D eigenvalue weighted by atomic mass is 32.2. The molecule has 0 spiro atoms. The van der Waals surface area contributed by atoms with Gasteiger partial charge in [-0.15, -0.1) is 0 Å². The molecule has 0 bridgehead atoms. The maximum absolute atomic E-state index is 13.5. The van der Waals surface area contributed by atoms with Gasteiger partial charge in [0, 0.05) is 32.0 Å². The van der Waals surface area contributed by atoms with E-state index in [1.807, 2.05) is 79.7 Å². The van der Waals surface area contributed by atoms with E-state index < -0.39 is 21.6 Å². The quantitative estimate of drug-likeness (QED) is 0.393. The zero-order valence-electron chi connectivity index (χ0n) is 21.5. The fourth-order valence-corrected chi connectivity index (χ4v) is 6.59.